The molecule has 1 heterocycles. The average Bonchev–Trinajstić information content (AvgIpc) is 2.39. The Morgan fingerprint density at radius 2 is 1.69 bits per heavy atom. The molecule has 0 radical (unpaired) electrons. The van der Waals surface area contributed by atoms with Gasteiger partial charge in [0.25, 0.3) is 0 Å². The molecule has 2 aromatic rings. The molecule has 0 amide bonds. The molecule has 1 atom stereocenters. The van der Waals surface area contributed by atoms with Gasteiger partial charge in [0.1, 0.15) is 4.83 Å². The number of carbonyl (C=O) groups excluding carboxylic acids is 1. The Morgan fingerprint density at radius 1 is 1.06 bits per heavy atom. The van der Waals surface area contributed by atoms with E-state index < -0.39 is 0 Å². The number of Topliss-reactive ketones (excluding diaryl/α,β-unsaturated/α-hetero) is 1. The molecule has 0 saturated carbocycles. The van der Waals surface area contributed by atoms with Gasteiger partial charge >= 0.3 is 0 Å². The Balaban J connectivity index is 2.24. The van der Waals surface area contributed by atoms with Gasteiger partial charge in [0.2, 0.25) is 0 Å². The van der Waals surface area contributed by atoms with Crippen molar-refractivity contribution in [2.45, 2.75) is 4.83 Å². The molecule has 0 aliphatic carbocycles. The topological polar surface area (TPSA) is 30.0 Å². The third-order valence-corrected chi connectivity index (χ3v) is 3.23. The van der Waals surface area contributed by atoms with Gasteiger partial charge in [-0.3, -0.25) is 9.78 Å². The number of nitrogens with zero attached hydrogens (tertiary/aromatic N) is 1. The van der Waals surface area contributed by atoms with Gasteiger partial charge in [-0.2, -0.15) is 0 Å². The summed E-state index contributed by atoms with van der Waals surface area (Å²) in [7, 11) is 0. The van der Waals surface area contributed by atoms with E-state index in [0.29, 0.717) is 5.56 Å². The standard InChI is InChI=1S/C13H10BrNO/c14-12(10-6-8-15-9-7-10)13(16)11-4-2-1-3-5-11/h1-9,12H/t12-/m1/s1. The van der Waals surface area contributed by atoms with Crippen molar-refractivity contribution in [3.8, 4) is 0 Å². The van der Waals surface area contributed by atoms with Crippen molar-refractivity contribution in [1.82, 2.24) is 4.98 Å². The van der Waals surface area contributed by atoms with E-state index in [9.17, 15) is 4.79 Å². The average molecular weight is 276 g/mol. The molecule has 3 heteroatoms. The lowest BCUT2D eigenvalue weighted by molar-refractivity contribution is 0.0991. The van der Waals surface area contributed by atoms with E-state index in [1.807, 2.05) is 42.5 Å². The van der Waals surface area contributed by atoms with Crippen LogP contribution in [0.2, 0.25) is 0 Å². The van der Waals surface area contributed by atoms with E-state index in [1.54, 1.807) is 12.4 Å². The van der Waals surface area contributed by atoms with E-state index in [4.69, 9.17) is 0 Å². The number of carbonyl (C=O) groups is 1. The number of hydrogen-bond acceptors (Lipinski definition) is 2. The van der Waals surface area contributed by atoms with Crippen molar-refractivity contribution in [1.29, 1.82) is 0 Å². The smallest absolute Gasteiger partial charge is 0.180 e. The molecule has 0 aliphatic heterocycles. The predicted molar refractivity (Wildman–Crippen MR) is 66.7 cm³/mol. The van der Waals surface area contributed by atoms with Crippen LogP contribution in [-0.2, 0) is 0 Å². The maximum atomic E-state index is 12.1. The van der Waals surface area contributed by atoms with Crippen LogP contribution in [0.4, 0.5) is 0 Å². The van der Waals surface area contributed by atoms with Crippen LogP contribution in [0, 0.1) is 0 Å². The summed E-state index contributed by atoms with van der Waals surface area (Å²) >= 11 is 3.41. The van der Waals surface area contributed by atoms with Gasteiger partial charge in [0, 0.05) is 18.0 Å². The zero-order valence-corrected chi connectivity index (χ0v) is 10.1. The number of rotatable bonds is 3. The van der Waals surface area contributed by atoms with Gasteiger partial charge in [-0.1, -0.05) is 46.3 Å². The van der Waals surface area contributed by atoms with Gasteiger partial charge in [0.15, 0.2) is 5.78 Å². The highest BCUT2D eigenvalue weighted by Gasteiger charge is 2.18. The molecule has 2 nitrogen and oxygen atoms in total. The first-order valence-electron chi connectivity index (χ1n) is 4.92. The second kappa shape index (κ2) is 5.03. The van der Waals surface area contributed by atoms with E-state index >= 15 is 0 Å². The van der Waals surface area contributed by atoms with Gasteiger partial charge < -0.3 is 0 Å². The number of ketones is 1. The summed E-state index contributed by atoms with van der Waals surface area (Å²) in [6.45, 7) is 0. The normalized spacial score (nSPS) is 12.1. The van der Waals surface area contributed by atoms with Crippen molar-refractivity contribution >= 4 is 21.7 Å². The summed E-state index contributed by atoms with van der Waals surface area (Å²) < 4.78 is 0. The highest BCUT2D eigenvalue weighted by Crippen LogP contribution is 2.26. The maximum absolute atomic E-state index is 12.1. The van der Waals surface area contributed by atoms with Crippen LogP contribution in [0.1, 0.15) is 20.7 Å². The van der Waals surface area contributed by atoms with Crippen LogP contribution in [0.15, 0.2) is 54.9 Å². The minimum atomic E-state index is -0.308. The van der Waals surface area contributed by atoms with Gasteiger partial charge in [0.05, 0.1) is 0 Å². The number of halogens is 1. The van der Waals surface area contributed by atoms with Crippen molar-refractivity contribution < 1.29 is 4.79 Å². The Bertz CT molecular complexity index is 470. The third kappa shape index (κ3) is 2.36. The quantitative estimate of drug-likeness (QED) is 0.635. The number of alkyl halides is 1. The van der Waals surface area contributed by atoms with Crippen LogP contribution in [-0.4, -0.2) is 10.8 Å². The second-order valence-corrected chi connectivity index (χ2v) is 4.29. The summed E-state index contributed by atoms with van der Waals surface area (Å²) in [6.07, 6.45) is 3.36. The Hall–Kier alpha value is -1.48. The van der Waals surface area contributed by atoms with Crippen molar-refractivity contribution in [3.05, 3.63) is 66.0 Å². The van der Waals surface area contributed by atoms with Crippen LogP contribution in [0.25, 0.3) is 0 Å². The number of hydrogen-bond donors (Lipinski definition) is 0. The second-order valence-electron chi connectivity index (χ2n) is 3.37. The molecular weight excluding hydrogens is 266 g/mol. The summed E-state index contributed by atoms with van der Waals surface area (Å²) in [5, 5.41) is 0. The van der Waals surface area contributed by atoms with E-state index in [0.717, 1.165) is 5.56 Å². The van der Waals surface area contributed by atoms with E-state index in [1.165, 1.54) is 0 Å². The molecule has 2 rings (SSSR count). The summed E-state index contributed by atoms with van der Waals surface area (Å²) in [5.41, 5.74) is 1.63. The number of aromatic nitrogens is 1. The molecule has 1 aromatic carbocycles. The highest BCUT2D eigenvalue weighted by molar-refractivity contribution is 9.09. The lowest BCUT2D eigenvalue weighted by Gasteiger charge is -2.08. The van der Waals surface area contributed by atoms with Gasteiger partial charge in [-0.15, -0.1) is 0 Å². The lowest BCUT2D eigenvalue weighted by atomic mass is 10.0. The number of benzene rings is 1. The molecule has 1 aromatic heterocycles. The lowest BCUT2D eigenvalue weighted by Crippen LogP contribution is -2.06. The minimum absolute atomic E-state index is 0.0619. The van der Waals surface area contributed by atoms with Crippen molar-refractivity contribution in [2.24, 2.45) is 0 Å². The fourth-order valence-corrected chi connectivity index (χ4v) is 2.00. The first-order chi connectivity index (χ1) is 7.79. The van der Waals surface area contributed by atoms with Crippen molar-refractivity contribution in [3.63, 3.8) is 0 Å². The molecule has 0 aliphatic rings. The largest absolute Gasteiger partial charge is 0.293 e. The molecule has 0 unspecified atom stereocenters. The highest BCUT2D eigenvalue weighted by atomic mass is 79.9. The first-order valence-corrected chi connectivity index (χ1v) is 5.84. The Morgan fingerprint density at radius 3 is 2.31 bits per heavy atom. The monoisotopic (exact) mass is 275 g/mol. The zero-order valence-electron chi connectivity index (χ0n) is 8.51. The van der Waals surface area contributed by atoms with Crippen LogP contribution in [0.3, 0.4) is 0 Å². The van der Waals surface area contributed by atoms with Gasteiger partial charge in [-0.25, -0.2) is 0 Å². The molecule has 0 fully saturated rings. The summed E-state index contributed by atoms with van der Waals surface area (Å²) in [5.74, 6) is 0.0619. The number of pyridine rings is 1. The molecule has 0 N–H and O–H groups in total. The Kier molecular flexibility index (Phi) is 3.47. The Labute approximate surface area is 102 Å². The SMILES string of the molecule is O=C(c1ccccc1)[C@H](Br)c1ccncc1. The molecular formula is C13H10BrNO. The maximum Gasteiger partial charge on any atom is 0.180 e. The van der Waals surface area contributed by atoms with Crippen molar-refractivity contribution in [2.75, 3.05) is 0 Å². The van der Waals surface area contributed by atoms with Crippen LogP contribution >= 0.6 is 15.9 Å². The minimum Gasteiger partial charge on any atom is -0.293 e. The molecule has 0 spiro atoms. The fourth-order valence-electron chi connectivity index (χ4n) is 1.43. The summed E-state index contributed by atoms with van der Waals surface area (Å²) in [6, 6.07) is 12.9. The molecule has 80 valence electrons. The molecule has 0 bridgehead atoms. The van der Waals surface area contributed by atoms with E-state index in [-0.39, 0.29) is 10.6 Å². The predicted octanol–water partition coefficient (Wildman–Crippen LogP) is 3.40. The molecule has 16 heavy (non-hydrogen) atoms. The van der Waals surface area contributed by atoms with Crippen LogP contribution in [0.5, 0.6) is 0 Å². The van der Waals surface area contributed by atoms with E-state index in [2.05, 4.69) is 20.9 Å². The van der Waals surface area contributed by atoms with Crippen LogP contribution < -0.4 is 0 Å². The zero-order chi connectivity index (χ0) is 11.4. The fraction of sp³-hybridized carbons (Fsp3) is 0.0769. The molecule has 0 saturated heterocycles. The first kappa shape index (κ1) is 11.0. The summed E-state index contributed by atoms with van der Waals surface area (Å²) in [4.78, 5) is 15.7. The third-order valence-electron chi connectivity index (χ3n) is 2.29. The van der Waals surface area contributed by atoms with Gasteiger partial charge in [-0.05, 0) is 17.7 Å².